The van der Waals surface area contributed by atoms with Crippen LogP contribution in [0.4, 0.5) is 10.6 Å². The Bertz CT molecular complexity index is 647. The molecule has 0 bridgehead atoms. The van der Waals surface area contributed by atoms with Crippen molar-refractivity contribution in [2.45, 2.75) is 39.2 Å². The molecule has 1 saturated heterocycles. The fraction of sp³-hybridized carbons (Fsp3) is 0.632. The molecule has 2 unspecified atom stereocenters. The number of nitrogens with zero attached hydrogens (tertiary/aromatic N) is 3. The van der Waals surface area contributed by atoms with Crippen LogP contribution in [0, 0.1) is 11.8 Å². The minimum Gasteiger partial charge on any atom is -0.365 e. The third-order valence-electron chi connectivity index (χ3n) is 5.75. The standard InChI is InChI=1S/C19H29N5O2/c1-13-5-3-6-14(2)16(13)22-19(26)24-11-9-23(10-12-24)18-15(17(20)25)7-4-8-21-18/h4,7-8,13-14,16H,3,5-6,9-12H2,1-2H3,(H2,20,25)(H,22,26). The van der Waals surface area contributed by atoms with E-state index < -0.39 is 5.91 Å². The van der Waals surface area contributed by atoms with Crippen LogP contribution >= 0.6 is 0 Å². The smallest absolute Gasteiger partial charge is 0.317 e. The molecule has 2 heterocycles. The number of hydrogen-bond donors (Lipinski definition) is 2. The lowest BCUT2D eigenvalue weighted by molar-refractivity contribution is 0.1000. The summed E-state index contributed by atoms with van der Waals surface area (Å²) < 4.78 is 0. The lowest BCUT2D eigenvalue weighted by Crippen LogP contribution is -2.56. The number of nitrogens with two attached hydrogens (primary N) is 1. The van der Waals surface area contributed by atoms with Gasteiger partial charge in [-0.15, -0.1) is 0 Å². The lowest BCUT2D eigenvalue weighted by Gasteiger charge is -2.39. The molecule has 2 fully saturated rings. The van der Waals surface area contributed by atoms with E-state index in [9.17, 15) is 9.59 Å². The third kappa shape index (κ3) is 3.92. The summed E-state index contributed by atoms with van der Waals surface area (Å²) in [5.74, 6) is 1.18. The Morgan fingerprint density at radius 2 is 1.81 bits per heavy atom. The number of anilines is 1. The predicted octanol–water partition coefficient (Wildman–Crippen LogP) is 1.84. The summed E-state index contributed by atoms with van der Waals surface area (Å²) >= 11 is 0. The fourth-order valence-electron chi connectivity index (χ4n) is 4.16. The summed E-state index contributed by atoms with van der Waals surface area (Å²) in [6.45, 7) is 6.95. The van der Waals surface area contributed by atoms with Crippen LogP contribution in [0.5, 0.6) is 0 Å². The van der Waals surface area contributed by atoms with E-state index in [4.69, 9.17) is 5.73 Å². The largest absolute Gasteiger partial charge is 0.365 e. The molecule has 3 N–H and O–H groups in total. The molecule has 3 amide bonds. The number of nitrogens with one attached hydrogen (secondary N) is 1. The van der Waals surface area contributed by atoms with E-state index >= 15 is 0 Å². The highest BCUT2D eigenvalue weighted by atomic mass is 16.2. The average Bonchev–Trinajstić information content (AvgIpc) is 2.65. The number of carbonyl (C=O) groups is 2. The maximum absolute atomic E-state index is 12.7. The second-order valence-corrected chi connectivity index (χ2v) is 7.57. The number of carbonyl (C=O) groups excluding carboxylic acids is 2. The van der Waals surface area contributed by atoms with Crippen molar-refractivity contribution in [2.24, 2.45) is 17.6 Å². The van der Waals surface area contributed by atoms with Gasteiger partial charge >= 0.3 is 6.03 Å². The van der Waals surface area contributed by atoms with Gasteiger partial charge in [0.15, 0.2) is 0 Å². The van der Waals surface area contributed by atoms with Crippen LogP contribution in [0.25, 0.3) is 0 Å². The normalized spacial score (nSPS) is 26.5. The van der Waals surface area contributed by atoms with Crippen molar-refractivity contribution in [1.29, 1.82) is 0 Å². The van der Waals surface area contributed by atoms with Crippen molar-refractivity contribution in [3.8, 4) is 0 Å². The first-order valence-electron chi connectivity index (χ1n) is 9.52. The van der Waals surface area contributed by atoms with E-state index in [1.54, 1.807) is 18.3 Å². The molecule has 0 aromatic carbocycles. The van der Waals surface area contributed by atoms with E-state index in [-0.39, 0.29) is 12.1 Å². The van der Waals surface area contributed by atoms with Crippen molar-refractivity contribution in [1.82, 2.24) is 15.2 Å². The van der Waals surface area contributed by atoms with Gasteiger partial charge in [-0.25, -0.2) is 9.78 Å². The van der Waals surface area contributed by atoms with Gasteiger partial charge in [0.1, 0.15) is 5.82 Å². The first-order chi connectivity index (χ1) is 12.5. The minimum atomic E-state index is -0.478. The molecule has 7 nitrogen and oxygen atoms in total. The van der Waals surface area contributed by atoms with Crippen LogP contribution in [0.15, 0.2) is 18.3 Å². The molecule has 3 rings (SSSR count). The predicted molar refractivity (Wildman–Crippen MR) is 101 cm³/mol. The van der Waals surface area contributed by atoms with Gasteiger partial charge in [-0.1, -0.05) is 20.3 Å². The van der Waals surface area contributed by atoms with Crippen molar-refractivity contribution >= 4 is 17.8 Å². The van der Waals surface area contributed by atoms with Gasteiger partial charge < -0.3 is 20.9 Å². The summed E-state index contributed by atoms with van der Waals surface area (Å²) in [7, 11) is 0. The molecule has 1 aliphatic heterocycles. The topological polar surface area (TPSA) is 91.6 Å². The minimum absolute atomic E-state index is 0.0198. The number of rotatable bonds is 3. The molecule has 1 aromatic rings. The Morgan fingerprint density at radius 3 is 2.42 bits per heavy atom. The van der Waals surface area contributed by atoms with Crippen LogP contribution in [0.1, 0.15) is 43.5 Å². The molecule has 1 aliphatic carbocycles. The maximum atomic E-state index is 12.7. The second-order valence-electron chi connectivity index (χ2n) is 7.57. The van der Waals surface area contributed by atoms with Crippen molar-refractivity contribution in [3.05, 3.63) is 23.9 Å². The van der Waals surface area contributed by atoms with E-state index in [0.717, 1.165) is 0 Å². The summed E-state index contributed by atoms with van der Waals surface area (Å²) in [6, 6.07) is 3.67. The Balaban J connectivity index is 1.58. The Kier molecular flexibility index (Phi) is 5.64. The SMILES string of the molecule is CC1CCCC(C)C1NC(=O)N1CCN(c2ncccc2C(N)=O)CC1. The summed E-state index contributed by atoms with van der Waals surface area (Å²) in [6.07, 6.45) is 5.27. The van der Waals surface area contributed by atoms with E-state index in [1.165, 1.54) is 19.3 Å². The number of amides is 3. The maximum Gasteiger partial charge on any atom is 0.317 e. The monoisotopic (exact) mass is 359 g/mol. The molecular formula is C19H29N5O2. The van der Waals surface area contributed by atoms with Gasteiger partial charge in [0, 0.05) is 38.4 Å². The van der Waals surface area contributed by atoms with E-state index in [2.05, 4.69) is 24.1 Å². The molecular weight excluding hydrogens is 330 g/mol. The van der Waals surface area contributed by atoms with Gasteiger partial charge in [-0.05, 0) is 36.8 Å². The van der Waals surface area contributed by atoms with Gasteiger partial charge in [0.2, 0.25) is 0 Å². The summed E-state index contributed by atoms with van der Waals surface area (Å²) in [5, 5.41) is 3.25. The number of urea groups is 1. The number of primary amides is 1. The van der Waals surface area contributed by atoms with E-state index in [1.807, 2.05) is 9.80 Å². The van der Waals surface area contributed by atoms with Crippen LogP contribution in [-0.4, -0.2) is 54.0 Å². The molecule has 0 spiro atoms. The highest BCUT2D eigenvalue weighted by molar-refractivity contribution is 5.97. The zero-order valence-electron chi connectivity index (χ0n) is 15.6. The van der Waals surface area contributed by atoms with Gasteiger partial charge in [0.05, 0.1) is 5.56 Å². The summed E-state index contributed by atoms with van der Waals surface area (Å²) in [5.41, 5.74) is 5.87. The summed E-state index contributed by atoms with van der Waals surface area (Å²) in [4.78, 5) is 32.5. The molecule has 1 aromatic heterocycles. The molecule has 1 saturated carbocycles. The number of aromatic nitrogens is 1. The molecule has 142 valence electrons. The molecule has 0 radical (unpaired) electrons. The Hall–Kier alpha value is -2.31. The van der Waals surface area contributed by atoms with Crippen LogP contribution in [-0.2, 0) is 0 Å². The van der Waals surface area contributed by atoms with Crippen LogP contribution in [0.3, 0.4) is 0 Å². The highest BCUT2D eigenvalue weighted by Gasteiger charge is 2.31. The van der Waals surface area contributed by atoms with E-state index in [0.29, 0.717) is 49.4 Å². The van der Waals surface area contributed by atoms with Crippen molar-refractivity contribution < 1.29 is 9.59 Å². The first kappa shape index (κ1) is 18.5. The van der Waals surface area contributed by atoms with Crippen molar-refractivity contribution in [2.75, 3.05) is 31.1 Å². The Morgan fingerprint density at radius 1 is 1.15 bits per heavy atom. The highest BCUT2D eigenvalue weighted by Crippen LogP contribution is 2.29. The van der Waals surface area contributed by atoms with Crippen molar-refractivity contribution in [3.63, 3.8) is 0 Å². The first-order valence-corrected chi connectivity index (χ1v) is 9.52. The van der Waals surface area contributed by atoms with Gasteiger partial charge in [-0.3, -0.25) is 4.79 Å². The van der Waals surface area contributed by atoms with Crippen LogP contribution in [0.2, 0.25) is 0 Å². The number of hydrogen-bond acceptors (Lipinski definition) is 4. The third-order valence-corrected chi connectivity index (χ3v) is 5.75. The fourth-order valence-corrected chi connectivity index (χ4v) is 4.16. The lowest BCUT2D eigenvalue weighted by atomic mass is 9.79. The number of piperazine rings is 1. The number of pyridine rings is 1. The molecule has 2 atom stereocenters. The molecule has 2 aliphatic rings. The average molecular weight is 359 g/mol. The van der Waals surface area contributed by atoms with Crippen LogP contribution < -0.4 is 16.0 Å². The zero-order valence-corrected chi connectivity index (χ0v) is 15.6. The molecule has 7 heteroatoms. The molecule has 26 heavy (non-hydrogen) atoms. The van der Waals surface area contributed by atoms with Gasteiger partial charge in [-0.2, -0.15) is 0 Å². The van der Waals surface area contributed by atoms with Gasteiger partial charge in [0.25, 0.3) is 5.91 Å². The quantitative estimate of drug-likeness (QED) is 0.861. The Labute approximate surface area is 154 Å². The second kappa shape index (κ2) is 7.93. The zero-order chi connectivity index (χ0) is 18.7.